The fourth-order valence-corrected chi connectivity index (χ4v) is 2.59. The Balaban J connectivity index is 2.28. The second-order valence-corrected chi connectivity index (χ2v) is 6.92. The van der Waals surface area contributed by atoms with E-state index in [1.165, 1.54) is 0 Å². The summed E-state index contributed by atoms with van der Waals surface area (Å²) in [5.41, 5.74) is 12.6. The van der Waals surface area contributed by atoms with E-state index in [4.69, 9.17) is 21.9 Å². The molecule has 14 heteroatoms. The Morgan fingerprint density at radius 3 is 2.76 bits per heavy atom. The van der Waals surface area contributed by atoms with Crippen LogP contribution in [0.15, 0.2) is 46.0 Å². The normalized spacial score (nSPS) is 19.4. The molecule has 1 aromatic rings. The highest BCUT2D eigenvalue weighted by Gasteiger charge is 2.57. The number of ether oxygens (including phenoxy) is 2. The van der Waals surface area contributed by atoms with Crippen molar-refractivity contribution in [3.8, 4) is 0 Å². The lowest BCUT2D eigenvalue weighted by Gasteiger charge is -2.36. The number of halogens is 4. The summed E-state index contributed by atoms with van der Waals surface area (Å²) >= 11 is 0. The van der Waals surface area contributed by atoms with Gasteiger partial charge in [-0.15, -0.1) is 0 Å². The summed E-state index contributed by atoms with van der Waals surface area (Å²) in [7, 11) is 0. The van der Waals surface area contributed by atoms with E-state index in [1.54, 1.807) is 0 Å². The predicted octanol–water partition coefficient (Wildman–Crippen LogP) is 1.40. The van der Waals surface area contributed by atoms with E-state index in [9.17, 15) is 22.4 Å². The van der Waals surface area contributed by atoms with Crippen molar-refractivity contribution in [2.45, 2.75) is 24.8 Å². The summed E-state index contributed by atoms with van der Waals surface area (Å²) in [5, 5.41) is 2.24. The first-order valence-corrected chi connectivity index (χ1v) is 9.42. The molecule has 0 saturated carbocycles. The van der Waals surface area contributed by atoms with Crippen LogP contribution in [0.3, 0.4) is 0 Å². The molecule has 0 saturated heterocycles. The molecule has 180 valence electrons. The number of pyridine rings is 1. The molecule has 10 nitrogen and oxygen atoms in total. The van der Waals surface area contributed by atoms with E-state index < -0.39 is 59.7 Å². The number of carbonyl (C=O) groups excluding carboxylic acids is 1. The molecule has 1 amide bonds. The first kappa shape index (κ1) is 25.4. The molecule has 2 heterocycles. The number of amidine groups is 1. The molecule has 0 aliphatic carbocycles. The second-order valence-electron chi connectivity index (χ2n) is 6.92. The van der Waals surface area contributed by atoms with Gasteiger partial charge in [-0.25, -0.2) is 19.4 Å². The zero-order valence-electron chi connectivity index (χ0n) is 17.6. The summed E-state index contributed by atoms with van der Waals surface area (Å²) in [6, 6.07) is 1.28. The van der Waals surface area contributed by atoms with E-state index in [0.29, 0.717) is 0 Å². The number of carbonyl (C=O) groups is 1. The van der Waals surface area contributed by atoms with Crippen LogP contribution in [0.2, 0.25) is 0 Å². The van der Waals surface area contributed by atoms with Gasteiger partial charge in [0.05, 0.1) is 19.5 Å². The SMILES string of the molecule is C=C(C=NC(C(=O)Nc1ccc(F)c([C@@]2(C)N=C(N)OCC2(F)F)n1)=C(N)N)OCCCF. The third-order valence-electron chi connectivity index (χ3n) is 4.39. The smallest absolute Gasteiger partial charge is 0.311 e. The third-order valence-corrected chi connectivity index (χ3v) is 4.39. The van der Waals surface area contributed by atoms with Gasteiger partial charge in [0.1, 0.15) is 28.9 Å². The Labute approximate surface area is 186 Å². The van der Waals surface area contributed by atoms with E-state index in [0.717, 1.165) is 25.3 Å². The van der Waals surface area contributed by atoms with Gasteiger partial charge in [-0.05, 0) is 19.1 Å². The van der Waals surface area contributed by atoms with Crippen molar-refractivity contribution in [2.75, 3.05) is 25.2 Å². The number of rotatable bonds is 9. The molecule has 0 radical (unpaired) electrons. The van der Waals surface area contributed by atoms with Crippen molar-refractivity contribution >= 4 is 24.0 Å². The van der Waals surface area contributed by atoms with Gasteiger partial charge in [0.25, 0.3) is 11.9 Å². The summed E-state index contributed by atoms with van der Waals surface area (Å²) < 4.78 is 65.2. The van der Waals surface area contributed by atoms with Crippen molar-refractivity contribution in [3.63, 3.8) is 0 Å². The minimum Gasteiger partial charge on any atom is -0.493 e. The highest BCUT2D eigenvalue weighted by Crippen LogP contribution is 2.43. The Hall–Kier alpha value is -3.84. The number of hydrogen-bond donors (Lipinski definition) is 4. The molecule has 1 aromatic heterocycles. The fourth-order valence-electron chi connectivity index (χ4n) is 2.59. The van der Waals surface area contributed by atoms with Crippen LogP contribution >= 0.6 is 0 Å². The topological polar surface area (TPSA) is 163 Å². The van der Waals surface area contributed by atoms with Crippen molar-refractivity contribution < 1.29 is 31.8 Å². The predicted molar refractivity (Wildman–Crippen MR) is 112 cm³/mol. The van der Waals surface area contributed by atoms with E-state index in [1.807, 2.05) is 0 Å². The van der Waals surface area contributed by atoms with Gasteiger partial charge in [0.15, 0.2) is 17.8 Å². The quantitative estimate of drug-likeness (QED) is 0.138. The average Bonchev–Trinajstić information content (AvgIpc) is 2.72. The zero-order valence-corrected chi connectivity index (χ0v) is 17.6. The molecule has 1 aliphatic rings. The van der Waals surface area contributed by atoms with E-state index in [-0.39, 0.29) is 24.6 Å². The third kappa shape index (κ3) is 5.90. The average molecular weight is 473 g/mol. The molecule has 2 rings (SSSR count). The van der Waals surface area contributed by atoms with Crippen LogP contribution in [0.1, 0.15) is 19.0 Å². The zero-order chi connectivity index (χ0) is 24.8. The number of anilines is 1. The Kier molecular flexibility index (Phi) is 7.85. The molecule has 0 unspecified atom stereocenters. The standard InChI is InChI=1S/C19H23F4N7O3/c1-10(32-7-3-6-20)8-27-13(15(24)25)16(31)29-12-5-4-11(21)14(28-12)18(2)19(22,23)9-33-17(26)30-18/h4-5,8H,1,3,6-7,9,24-25H2,2H3,(H2,26,30)(H,28,29,31)/t18-/m1/s1. The van der Waals surface area contributed by atoms with Gasteiger partial charge < -0.3 is 32.0 Å². The number of allylic oxidation sites excluding steroid dienone is 1. The van der Waals surface area contributed by atoms with Crippen molar-refractivity contribution in [2.24, 2.45) is 27.2 Å². The van der Waals surface area contributed by atoms with Crippen molar-refractivity contribution in [1.82, 2.24) is 4.98 Å². The lowest BCUT2D eigenvalue weighted by Crippen LogP contribution is -2.51. The van der Waals surface area contributed by atoms with Crippen LogP contribution in [0.4, 0.5) is 23.4 Å². The molecule has 1 aliphatic heterocycles. The molecule has 33 heavy (non-hydrogen) atoms. The highest BCUT2D eigenvalue weighted by molar-refractivity contribution is 6.04. The highest BCUT2D eigenvalue weighted by atomic mass is 19.3. The number of nitrogens with zero attached hydrogens (tertiary/aromatic N) is 3. The van der Waals surface area contributed by atoms with Crippen LogP contribution in [-0.4, -0.2) is 48.9 Å². The number of aliphatic imine (C=N–C) groups is 2. The summed E-state index contributed by atoms with van der Waals surface area (Å²) in [6.07, 6.45) is 1.16. The van der Waals surface area contributed by atoms with Gasteiger partial charge in [-0.1, -0.05) is 6.58 Å². The largest absolute Gasteiger partial charge is 0.493 e. The number of hydrogen-bond acceptors (Lipinski definition) is 9. The molecule has 0 fully saturated rings. The number of nitrogens with one attached hydrogen (secondary N) is 1. The lowest BCUT2D eigenvalue weighted by atomic mass is 9.89. The lowest BCUT2D eigenvalue weighted by molar-refractivity contribution is -0.118. The van der Waals surface area contributed by atoms with Gasteiger partial charge in [0, 0.05) is 6.42 Å². The monoisotopic (exact) mass is 473 g/mol. The number of aromatic nitrogens is 1. The first-order valence-electron chi connectivity index (χ1n) is 9.42. The van der Waals surface area contributed by atoms with Gasteiger partial charge in [-0.2, -0.15) is 8.78 Å². The van der Waals surface area contributed by atoms with Crippen LogP contribution in [0.5, 0.6) is 0 Å². The molecule has 1 atom stereocenters. The molecule has 0 aromatic carbocycles. The minimum atomic E-state index is -3.66. The van der Waals surface area contributed by atoms with E-state index >= 15 is 0 Å². The second kappa shape index (κ2) is 10.2. The van der Waals surface area contributed by atoms with Gasteiger partial charge in [-0.3, -0.25) is 9.18 Å². The Morgan fingerprint density at radius 2 is 2.12 bits per heavy atom. The summed E-state index contributed by atoms with van der Waals surface area (Å²) in [6.45, 7) is 2.76. The maximum absolute atomic E-state index is 14.5. The van der Waals surface area contributed by atoms with E-state index in [2.05, 4.69) is 31.6 Å². The summed E-state index contributed by atoms with van der Waals surface area (Å²) in [5.74, 6) is -6.57. The van der Waals surface area contributed by atoms with Gasteiger partial charge in [0.2, 0.25) is 0 Å². The van der Waals surface area contributed by atoms with Crippen molar-refractivity contribution in [1.29, 1.82) is 0 Å². The molecular weight excluding hydrogens is 450 g/mol. The van der Waals surface area contributed by atoms with Crippen LogP contribution in [0.25, 0.3) is 0 Å². The molecule has 7 N–H and O–H groups in total. The Morgan fingerprint density at radius 1 is 1.42 bits per heavy atom. The first-order chi connectivity index (χ1) is 15.4. The van der Waals surface area contributed by atoms with Crippen molar-refractivity contribution in [3.05, 3.63) is 47.5 Å². The summed E-state index contributed by atoms with van der Waals surface area (Å²) in [4.78, 5) is 23.7. The van der Waals surface area contributed by atoms with Crippen LogP contribution < -0.4 is 22.5 Å². The minimum absolute atomic E-state index is 0.00215. The molecule has 0 bridgehead atoms. The fraction of sp³-hybridized carbons (Fsp3) is 0.368. The Bertz CT molecular complexity index is 1010. The number of nitrogens with two attached hydrogens (primary N) is 3. The number of amides is 1. The van der Waals surface area contributed by atoms with Gasteiger partial charge >= 0.3 is 5.92 Å². The maximum atomic E-state index is 14.5. The number of alkyl halides is 3. The van der Waals surface area contributed by atoms with Crippen LogP contribution in [0, 0.1) is 5.82 Å². The molecular formula is C19H23F4N7O3. The molecule has 0 spiro atoms. The van der Waals surface area contributed by atoms with Crippen LogP contribution in [-0.2, 0) is 19.8 Å². The maximum Gasteiger partial charge on any atom is 0.311 e.